The van der Waals surface area contributed by atoms with E-state index in [4.69, 9.17) is 18.3 Å². The lowest BCUT2D eigenvalue weighted by atomic mass is 10.0. The number of ether oxygens (including phenoxy) is 2. The average Bonchev–Trinajstić information content (AvgIpc) is 3.24. The summed E-state index contributed by atoms with van der Waals surface area (Å²) in [5.74, 6) is 2.20. The molecule has 0 saturated carbocycles. The van der Waals surface area contributed by atoms with Crippen molar-refractivity contribution in [2.75, 3.05) is 6.61 Å². The molecule has 4 aromatic rings. The van der Waals surface area contributed by atoms with Crippen LogP contribution in [0.15, 0.2) is 61.3 Å². The molecule has 8 heteroatoms. The van der Waals surface area contributed by atoms with Crippen LogP contribution in [-0.2, 0) is 5.75 Å². The van der Waals surface area contributed by atoms with E-state index >= 15 is 0 Å². The van der Waals surface area contributed by atoms with Crippen LogP contribution in [-0.4, -0.2) is 16.8 Å². The first kappa shape index (κ1) is 18.7. The molecule has 5 rings (SSSR count). The molecule has 0 amide bonds. The van der Waals surface area contributed by atoms with Crippen molar-refractivity contribution in [2.24, 2.45) is 0 Å². The van der Waals surface area contributed by atoms with Gasteiger partial charge in [-0.1, -0.05) is 36.0 Å². The van der Waals surface area contributed by atoms with Crippen LogP contribution in [0.1, 0.15) is 28.7 Å². The van der Waals surface area contributed by atoms with E-state index in [0.29, 0.717) is 40.6 Å². The zero-order valence-corrected chi connectivity index (χ0v) is 17.2. The fraction of sp³-hybridized carbons (Fsp3) is 0.227. The van der Waals surface area contributed by atoms with E-state index in [2.05, 4.69) is 10.2 Å². The van der Waals surface area contributed by atoms with Crippen LogP contribution in [0.25, 0.3) is 11.0 Å². The summed E-state index contributed by atoms with van der Waals surface area (Å²) in [6.07, 6.45) is -0.461. The van der Waals surface area contributed by atoms with Gasteiger partial charge in [0.15, 0.2) is 11.5 Å². The molecule has 1 atom stereocenters. The number of hydrogen-bond acceptors (Lipinski definition) is 8. The third kappa shape index (κ3) is 3.43. The Kier molecular flexibility index (Phi) is 4.71. The summed E-state index contributed by atoms with van der Waals surface area (Å²) in [6, 6.07) is 13.0. The molecule has 0 spiro atoms. The minimum absolute atomic E-state index is 0.298. The summed E-state index contributed by atoms with van der Waals surface area (Å²) >= 11 is 1.36. The van der Waals surface area contributed by atoms with Gasteiger partial charge < -0.3 is 18.3 Å². The van der Waals surface area contributed by atoms with Crippen molar-refractivity contribution in [3.8, 4) is 11.5 Å². The van der Waals surface area contributed by atoms with Gasteiger partial charge in [-0.3, -0.25) is 0 Å². The number of rotatable bonds is 4. The van der Waals surface area contributed by atoms with Crippen LogP contribution in [0.4, 0.5) is 0 Å². The number of benzene rings is 2. The Morgan fingerprint density at radius 3 is 2.77 bits per heavy atom. The molecule has 0 radical (unpaired) electrons. The predicted octanol–water partition coefficient (Wildman–Crippen LogP) is 4.60. The Bertz CT molecular complexity index is 1300. The third-order valence-electron chi connectivity index (χ3n) is 5.07. The maximum absolute atomic E-state index is 12.0. The number of aryl methyl sites for hydroxylation is 2. The second-order valence-electron chi connectivity index (χ2n) is 7.03. The summed E-state index contributed by atoms with van der Waals surface area (Å²) in [4.78, 5) is 12.0. The Hall–Kier alpha value is -3.26. The van der Waals surface area contributed by atoms with Crippen molar-refractivity contribution in [2.45, 2.75) is 30.9 Å². The highest BCUT2D eigenvalue weighted by Gasteiger charge is 2.27. The summed E-state index contributed by atoms with van der Waals surface area (Å²) in [5, 5.41) is 9.52. The SMILES string of the molecule is Cc1ccc2c(CSc3nnc(C4COc5ccccc5O4)o3)cc(=O)oc2c1C. The molecule has 0 N–H and O–H groups in total. The second-order valence-corrected chi connectivity index (χ2v) is 7.96. The van der Waals surface area contributed by atoms with E-state index in [0.717, 1.165) is 22.1 Å². The molecule has 2 aromatic carbocycles. The predicted molar refractivity (Wildman–Crippen MR) is 111 cm³/mol. The highest BCUT2D eigenvalue weighted by Crippen LogP contribution is 2.36. The van der Waals surface area contributed by atoms with Gasteiger partial charge in [0.1, 0.15) is 12.2 Å². The zero-order chi connectivity index (χ0) is 20.7. The Balaban J connectivity index is 1.35. The van der Waals surface area contributed by atoms with Gasteiger partial charge in [-0.15, -0.1) is 10.2 Å². The smallest absolute Gasteiger partial charge is 0.336 e. The van der Waals surface area contributed by atoms with Crippen LogP contribution in [0.5, 0.6) is 11.5 Å². The quantitative estimate of drug-likeness (QED) is 0.348. The number of hydrogen-bond donors (Lipinski definition) is 0. The summed E-state index contributed by atoms with van der Waals surface area (Å²) in [7, 11) is 0. The van der Waals surface area contributed by atoms with Crippen LogP contribution in [0.3, 0.4) is 0 Å². The highest BCUT2D eigenvalue weighted by molar-refractivity contribution is 7.98. The van der Waals surface area contributed by atoms with Crippen molar-refractivity contribution in [3.05, 3.63) is 75.5 Å². The van der Waals surface area contributed by atoms with E-state index < -0.39 is 6.10 Å². The molecule has 152 valence electrons. The van der Waals surface area contributed by atoms with Gasteiger partial charge >= 0.3 is 5.63 Å². The van der Waals surface area contributed by atoms with Gasteiger partial charge in [0, 0.05) is 17.2 Å². The number of thioether (sulfide) groups is 1. The largest absolute Gasteiger partial charge is 0.485 e. The van der Waals surface area contributed by atoms with Crippen molar-refractivity contribution < 1.29 is 18.3 Å². The first-order valence-electron chi connectivity index (χ1n) is 9.46. The van der Waals surface area contributed by atoms with Crippen molar-refractivity contribution >= 4 is 22.7 Å². The molecule has 0 saturated heterocycles. The molecule has 1 aliphatic rings. The first-order valence-corrected chi connectivity index (χ1v) is 10.4. The number of aromatic nitrogens is 2. The van der Waals surface area contributed by atoms with E-state index in [-0.39, 0.29) is 5.63 Å². The van der Waals surface area contributed by atoms with E-state index in [1.165, 1.54) is 17.8 Å². The van der Waals surface area contributed by atoms with Crippen LogP contribution >= 0.6 is 11.8 Å². The monoisotopic (exact) mass is 422 g/mol. The molecule has 1 unspecified atom stereocenters. The lowest BCUT2D eigenvalue weighted by molar-refractivity contribution is 0.0686. The highest BCUT2D eigenvalue weighted by atomic mass is 32.2. The first-order chi connectivity index (χ1) is 14.6. The summed E-state index contributed by atoms with van der Waals surface area (Å²) < 4.78 is 22.8. The number of para-hydroxylation sites is 2. The normalized spacial score (nSPS) is 15.5. The molecule has 3 heterocycles. The van der Waals surface area contributed by atoms with Crippen molar-refractivity contribution in [1.29, 1.82) is 0 Å². The zero-order valence-electron chi connectivity index (χ0n) is 16.4. The fourth-order valence-corrected chi connectivity index (χ4v) is 4.09. The van der Waals surface area contributed by atoms with E-state index in [1.807, 2.05) is 50.2 Å². The Morgan fingerprint density at radius 2 is 1.90 bits per heavy atom. The number of nitrogens with zero attached hydrogens (tertiary/aromatic N) is 2. The molecule has 2 aromatic heterocycles. The van der Waals surface area contributed by atoms with E-state index in [9.17, 15) is 4.79 Å². The topological polar surface area (TPSA) is 87.6 Å². The van der Waals surface area contributed by atoms with Gasteiger partial charge in [0.2, 0.25) is 6.10 Å². The maximum atomic E-state index is 12.0. The third-order valence-corrected chi connectivity index (χ3v) is 5.94. The Labute approximate surface area is 176 Å². The van der Waals surface area contributed by atoms with Gasteiger partial charge in [-0.25, -0.2) is 4.79 Å². The van der Waals surface area contributed by atoms with Crippen molar-refractivity contribution in [1.82, 2.24) is 10.2 Å². The van der Waals surface area contributed by atoms with Gasteiger partial charge in [0.05, 0.1) is 0 Å². The van der Waals surface area contributed by atoms with Gasteiger partial charge in [-0.2, -0.15) is 0 Å². The summed E-state index contributed by atoms with van der Waals surface area (Å²) in [5.41, 5.74) is 3.15. The molecular weight excluding hydrogens is 404 g/mol. The molecule has 1 aliphatic heterocycles. The van der Waals surface area contributed by atoms with Crippen LogP contribution in [0.2, 0.25) is 0 Å². The molecule has 0 aliphatic carbocycles. The van der Waals surface area contributed by atoms with Crippen LogP contribution in [0, 0.1) is 13.8 Å². The van der Waals surface area contributed by atoms with Gasteiger partial charge in [-0.05, 0) is 42.7 Å². The summed E-state index contributed by atoms with van der Waals surface area (Å²) in [6.45, 7) is 4.24. The lowest BCUT2D eigenvalue weighted by Crippen LogP contribution is -2.21. The van der Waals surface area contributed by atoms with Crippen LogP contribution < -0.4 is 15.1 Å². The molecule has 0 bridgehead atoms. The Morgan fingerprint density at radius 1 is 1.07 bits per heavy atom. The maximum Gasteiger partial charge on any atom is 0.336 e. The molecule has 0 fully saturated rings. The standard InChI is InChI=1S/C22H18N2O5S/c1-12-7-8-15-14(9-19(25)28-20(15)13(12)2)11-30-22-24-23-21(29-22)18-10-26-16-5-3-4-6-17(16)27-18/h3-9,18H,10-11H2,1-2H3. The van der Waals surface area contributed by atoms with Gasteiger partial charge in [0.25, 0.3) is 11.1 Å². The minimum atomic E-state index is -0.461. The molecule has 7 nitrogen and oxygen atoms in total. The fourth-order valence-electron chi connectivity index (χ4n) is 3.33. The average molecular weight is 422 g/mol. The number of fused-ring (bicyclic) bond motifs is 2. The van der Waals surface area contributed by atoms with Crippen molar-refractivity contribution in [3.63, 3.8) is 0 Å². The molecular formula is C22H18N2O5S. The minimum Gasteiger partial charge on any atom is -0.485 e. The lowest BCUT2D eigenvalue weighted by Gasteiger charge is -2.23. The van der Waals surface area contributed by atoms with E-state index in [1.54, 1.807) is 0 Å². The second kappa shape index (κ2) is 7.53. The molecule has 30 heavy (non-hydrogen) atoms.